The molecule has 0 fully saturated rings. The molecule has 0 aliphatic rings. The van der Waals surface area contributed by atoms with Crippen LogP contribution in [0.4, 0.5) is 5.69 Å². The van der Waals surface area contributed by atoms with E-state index in [0.717, 1.165) is 17.2 Å². The fourth-order valence-corrected chi connectivity index (χ4v) is 1.32. The third-order valence-electron chi connectivity index (χ3n) is 2.23. The lowest BCUT2D eigenvalue weighted by molar-refractivity contribution is -0.385. The van der Waals surface area contributed by atoms with Gasteiger partial charge in [0, 0.05) is 13.1 Å². The van der Waals surface area contributed by atoms with Crippen molar-refractivity contribution in [2.45, 2.75) is 6.92 Å². The number of aromatic nitrogens is 1. The molecule has 0 aromatic carbocycles. The van der Waals surface area contributed by atoms with E-state index in [1.165, 1.54) is 14.0 Å². The summed E-state index contributed by atoms with van der Waals surface area (Å²) >= 11 is 0. The third kappa shape index (κ3) is 3.00. The molecule has 0 saturated heterocycles. The number of hydrogen-bond acceptors (Lipinski definition) is 5. The van der Waals surface area contributed by atoms with Crippen molar-refractivity contribution in [1.82, 2.24) is 9.88 Å². The second-order valence-corrected chi connectivity index (χ2v) is 3.64. The van der Waals surface area contributed by atoms with Gasteiger partial charge in [-0.3, -0.25) is 24.7 Å². The van der Waals surface area contributed by atoms with Gasteiger partial charge in [0.15, 0.2) is 0 Å². The second kappa shape index (κ2) is 5.21. The lowest BCUT2D eigenvalue weighted by Gasteiger charge is -2.15. The van der Waals surface area contributed by atoms with Crippen LogP contribution in [0.15, 0.2) is 12.3 Å². The molecule has 0 spiro atoms. The Morgan fingerprint density at radius 2 is 2.17 bits per heavy atom. The molecular formula is C10H11N3O5. The highest BCUT2D eigenvalue weighted by molar-refractivity contribution is 5.97. The van der Waals surface area contributed by atoms with Gasteiger partial charge in [-0.15, -0.1) is 0 Å². The number of amides is 1. The zero-order valence-corrected chi connectivity index (χ0v) is 9.78. The number of hydrogen-bond donors (Lipinski definition) is 1. The maximum Gasteiger partial charge on any atom is 0.323 e. The fraction of sp³-hybridized carbons (Fsp3) is 0.300. The van der Waals surface area contributed by atoms with Crippen molar-refractivity contribution >= 4 is 17.6 Å². The minimum atomic E-state index is -1.16. The molecular weight excluding hydrogens is 242 g/mol. The third-order valence-corrected chi connectivity index (χ3v) is 2.23. The summed E-state index contributed by atoms with van der Waals surface area (Å²) in [6, 6.07) is 1.09. The minimum Gasteiger partial charge on any atom is -0.480 e. The van der Waals surface area contributed by atoms with Crippen molar-refractivity contribution in [2.24, 2.45) is 0 Å². The number of carboxylic acids is 1. The Bertz CT molecular complexity index is 514. The highest BCUT2D eigenvalue weighted by Crippen LogP contribution is 2.16. The Kier molecular flexibility index (Phi) is 3.93. The smallest absolute Gasteiger partial charge is 0.323 e. The molecule has 0 aliphatic heterocycles. The van der Waals surface area contributed by atoms with Gasteiger partial charge in [0.05, 0.1) is 16.2 Å². The molecule has 0 radical (unpaired) electrons. The molecule has 8 heteroatoms. The first-order valence-electron chi connectivity index (χ1n) is 4.91. The van der Waals surface area contributed by atoms with Crippen molar-refractivity contribution in [1.29, 1.82) is 0 Å². The Balaban J connectivity index is 3.08. The summed E-state index contributed by atoms with van der Waals surface area (Å²) in [5.41, 5.74) is 0.0171. The Hall–Kier alpha value is -2.51. The maximum absolute atomic E-state index is 11.9. The van der Waals surface area contributed by atoms with Gasteiger partial charge in [0.1, 0.15) is 12.7 Å². The summed E-state index contributed by atoms with van der Waals surface area (Å²) in [5.74, 6) is -1.78. The fourth-order valence-electron chi connectivity index (χ4n) is 1.32. The van der Waals surface area contributed by atoms with E-state index in [0.29, 0.717) is 5.69 Å². The molecule has 96 valence electrons. The Labute approximate surface area is 102 Å². The molecule has 1 aromatic rings. The maximum atomic E-state index is 11.9. The summed E-state index contributed by atoms with van der Waals surface area (Å²) in [6.45, 7) is 1.03. The van der Waals surface area contributed by atoms with E-state index in [1.807, 2.05) is 0 Å². The number of carbonyl (C=O) groups excluding carboxylic acids is 1. The van der Waals surface area contributed by atoms with Gasteiger partial charge in [0.25, 0.3) is 11.6 Å². The van der Waals surface area contributed by atoms with E-state index in [4.69, 9.17) is 5.11 Å². The topological polar surface area (TPSA) is 114 Å². The van der Waals surface area contributed by atoms with Gasteiger partial charge in [-0.25, -0.2) is 0 Å². The molecule has 0 bridgehead atoms. The number of rotatable bonds is 4. The van der Waals surface area contributed by atoms with E-state index < -0.39 is 23.3 Å². The molecule has 8 nitrogen and oxygen atoms in total. The lowest BCUT2D eigenvalue weighted by atomic mass is 10.1. The number of pyridine rings is 1. The van der Waals surface area contributed by atoms with E-state index >= 15 is 0 Å². The zero-order valence-electron chi connectivity index (χ0n) is 9.78. The van der Waals surface area contributed by atoms with Gasteiger partial charge in [-0.1, -0.05) is 0 Å². The molecule has 1 N–H and O–H groups in total. The second-order valence-electron chi connectivity index (χ2n) is 3.64. The first kappa shape index (κ1) is 13.6. The highest BCUT2D eigenvalue weighted by atomic mass is 16.6. The summed E-state index contributed by atoms with van der Waals surface area (Å²) < 4.78 is 0. The Morgan fingerprint density at radius 1 is 1.56 bits per heavy atom. The first-order valence-corrected chi connectivity index (χ1v) is 4.91. The van der Waals surface area contributed by atoms with Crippen molar-refractivity contribution < 1.29 is 19.6 Å². The van der Waals surface area contributed by atoms with Crippen LogP contribution in [0.2, 0.25) is 0 Å². The number of carbonyl (C=O) groups is 2. The predicted octanol–water partition coefficient (Wildman–Crippen LogP) is 0.455. The molecule has 1 rings (SSSR count). The number of nitro groups is 1. The van der Waals surface area contributed by atoms with E-state index in [2.05, 4.69) is 4.98 Å². The van der Waals surface area contributed by atoms with Crippen molar-refractivity contribution in [3.05, 3.63) is 33.6 Å². The van der Waals surface area contributed by atoms with Crippen LogP contribution in [-0.4, -0.2) is 45.4 Å². The summed E-state index contributed by atoms with van der Waals surface area (Å²) in [5, 5.41) is 19.2. The number of aryl methyl sites for hydroxylation is 1. The van der Waals surface area contributed by atoms with Crippen LogP contribution in [0.3, 0.4) is 0 Å². The summed E-state index contributed by atoms with van der Waals surface area (Å²) in [7, 11) is 1.30. The molecule has 0 unspecified atom stereocenters. The number of likely N-dealkylation sites (N-methyl/N-ethyl adjacent to an activating group) is 1. The first-order chi connectivity index (χ1) is 8.32. The molecule has 18 heavy (non-hydrogen) atoms. The predicted molar refractivity (Wildman–Crippen MR) is 60.2 cm³/mol. The van der Waals surface area contributed by atoms with Gasteiger partial charge in [0.2, 0.25) is 0 Å². The lowest BCUT2D eigenvalue weighted by Crippen LogP contribution is -2.32. The van der Waals surface area contributed by atoms with Crippen LogP contribution >= 0.6 is 0 Å². The van der Waals surface area contributed by atoms with E-state index in [-0.39, 0.29) is 11.3 Å². The summed E-state index contributed by atoms with van der Waals surface area (Å²) in [6.07, 6.45) is 1.04. The molecule has 0 saturated carbocycles. The van der Waals surface area contributed by atoms with Crippen LogP contribution in [0, 0.1) is 17.0 Å². The van der Waals surface area contributed by atoms with E-state index in [9.17, 15) is 19.7 Å². The van der Waals surface area contributed by atoms with Gasteiger partial charge in [-0.05, 0) is 6.92 Å². The van der Waals surface area contributed by atoms with Crippen LogP contribution < -0.4 is 0 Å². The van der Waals surface area contributed by atoms with Crippen LogP contribution in [0.5, 0.6) is 0 Å². The molecule has 1 aromatic heterocycles. The standard InChI is InChI=1S/C10H11N3O5/c1-6-8(3-7(4-11-6)13(17)18)10(16)12(2)5-9(14)15/h3-4H,5H2,1-2H3,(H,14,15). The molecule has 0 aliphatic carbocycles. The highest BCUT2D eigenvalue weighted by Gasteiger charge is 2.20. The van der Waals surface area contributed by atoms with Crippen molar-refractivity contribution in [3.63, 3.8) is 0 Å². The SMILES string of the molecule is Cc1ncc([N+](=O)[O-])cc1C(=O)N(C)CC(=O)O. The minimum absolute atomic E-state index is 0.0213. The van der Waals surface area contributed by atoms with Gasteiger partial charge >= 0.3 is 5.97 Å². The zero-order chi connectivity index (χ0) is 13.9. The average molecular weight is 253 g/mol. The van der Waals surface area contributed by atoms with Crippen LogP contribution in [0.25, 0.3) is 0 Å². The van der Waals surface area contributed by atoms with Crippen molar-refractivity contribution in [2.75, 3.05) is 13.6 Å². The largest absolute Gasteiger partial charge is 0.480 e. The average Bonchev–Trinajstić information content (AvgIpc) is 2.27. The van der Waals surface area contributed by atoms with Crippen molar-refractivity contribution in [3.8, 4) is 0 Å². The number of nitrogens with zero attached hydrogens (tertiary/aromatic N) is 3. The summed E-state index contributed by atoms with van der Waals surface area (Å²) in [4.78, 5) is 37.0. The van der Waals surface area contributed by atoms with Crippen LogP contribution in [0.1, 0.15) is 16.1 Å². The quantitative estimate of drug-likeness (QED) is 0.615. The molecule has 1 heterocycles. The number of carboxylic acid groups (broad SMARTS) is 1. The van der Waals surface area contributed by atoms with Crippen LogP contribution in [-0.2, 0) is 4.79 Å². The monoisotopic (exact) mass is 253 g/mol. The normalized spacial score (nSPS) is 9.89. The van der Waals surface area contributed by atoms with E-state index in [1.54, 1.807) is 0 Å². The van der Waals surface area contributed by atoms with Gasteiger partial charge < -0.3 is 10.0 Å². The Morgan fingerprint density at radius 3 is 2.67 bits per heavy atom. The molecule has 1 amide bonds. The van der Waals surface area contributed by atoms with Gasteiger partial charge in [-0.2, -0.15) is 0 Å². The number of aliphatic carboxylic acids is 1. The molecule has 0 atom stereocenters.